The molecule has 0 saturated carbocycles. The summed E-state index contributed by atoms with van der Waals surface area (Å²) >= 11 is 6.29. The maximum Gasteiger partial charge on any atom is 0.407 e. The van der Waals surface area contributed by atoms with Gasteiger partial charge in [-0.25, -0.2) is 4.79 Å². The Kier molecular flexibility index (Phi) is 13.1. The van der Waals surface area contributed by atoms with E-state index in [0.29, 0.717) is 42.8 Å². The van der Waals surface area contributed by atoms with Gasteiger partial charge in [-0.1, -0.05) is 81.5 Å². The van der Waals surface area contributed by atoms with Gasteiger partial charge in [-0.3, -0.25) is 19.9 Å². The largest absolute Gasteiger partial charge is 0.453 e. The summed E-state index contributed by atoms with van der Waals surface area (Å²) in [5.74, 6) is -0.294. The van der Waals surface area contributed by atoms with Crippen molar-refractivity contribution in [2.24, 2.45) is 5.92 Å². The molecule has 1 heterocycles. The van der Waals surface area contributed by atoms with Gasteiger partial charge in [0, 0.05) is 24.0 Å². The summed E-state index contributed by atoms with van der Waals surface area (Å²) in [5, 5.41) is 17.8. The van der Waals surface area contributed by atoms with Crippen molar-refractivity contribution in [3.8, 4) is 0 Å². The van der Waals surface area contributed by atoms with Crippen molar-refractivity contribution in [3.63, 3.8) is 0 Å². The topological polar surface area (TPSA) is 124 Å². The number of carbonyl (C=O) groups excluding carboxylic acids is 3. The molecule has 0 radical (unpaired) electrons. The van der Waals surface area contributed by atoms with Crippen LogP contribution < -0.4 is 16.0 Å². The molecule has 4 N–H and O–H groups in total. The van der Waals surface area contributed by atoms with E-state index in [1.54, 1.807) is 18.2 Å². The zero-order chi connectivity index (χ0) is 30.6. The highest BCUT2D eigenvalue weighted by Gasteiger charge is 2.50. The normalized spacial score (nSPS) is 18.6. The van der Waals surface area contributed by atoms with Crippen molar-refractivity contribution < 1.29 is 19.1 Å². The highest BCUT2D eigenvalue weighted by Crippen LogP contribution is 2.32. The molecule has 41 heavy (non-hydrogen) atoms. The van der Waals surface area contributed by atoms with Crippen LogP contribution in [-0.4, -0.2) is 60.0 Å². The number of allylic oxidation sites excluding steroid dienone is 3. The van der Waals surface area contributed by atoms with Gasteiger partial charge in [0.05, 0.1) is 7.11 Å². The lowest BCUT2D eigenvalue weighted by atomic mass is 9.82. The summed E-state index contributed by atoms with van der Waals surface area (Å²) in [6, 6.07) is 6.07. The highest BCUT2D eigenvalue weighted by molar-refractivity contribution is 6.31. The van der Waals surface area contributed by atoms with Gasteiger partial charge in [-0.15, -0.1) is 0 Å². The standard InChI is InChI=1S/C31H44ClN5O4/c1-7-9-10-14-22(5)31(20-21(3)4)28(39)37(29(33)36-31)18-13-16-24(8-2)34-27(38)26(35-30(40)41-6)19-23-15-11-12-17-25(23)32/h7,9-12,14-15,17,21,24,26H,5,8,13,16,18-20H2,1-4,6H3,(H2,33,36)(H,34,38)(H,35,40)/b9-7-,14-10-/t24-,26-,31+/m0/s1. The predicted molar refractivity (Wildman–Crippen MR) is 164 cm³/mol. The molecule has 0 aliphatic carbocycles. The number of amides is 3. The molecule has 0 bridgehead atoms. The van der Waals surface area contributed by atoms with Crippen molar-refractivity contribution in [1.82, 2.24) is 20.9 Å². The molecule has 3 atom stereocenters. The number of methoxy groups -OCH3 is 1. The highest BCUT2D eigenvalue weighted by atomic mass is 35.5. The first-order valence-corrected chi connectivity index (χ1v) is 14.4. The Balaban J connectivity index is 2.07. The molecule has 1 fully saturated rings. The molecule has 0 aromatic heterocycles. The Labute approximate surface area is 248 Å². The Morgan fingerprint density at radius 2 is 1.95 bits per heavy atom. The molecular weight excluding hydrogens is 542 g/mol. The number of hydrogen-bond donors (Lipinski definition) is 4. The van der Waals surface area contributed by atoms with Crippen LogP contribution in [0.5, 0.6) is 0 Å². The average molecular weight is 586 g/mol. The van der Waals surface area contributed by atoms with Crippen LogP contribution in [0.1, 0.15) is 58.9 Å². The molecule has 9 nitrogen and oxygen atoms in total. The van der Waals surface area contributed by atoms with Crippen molar-refractivity contribution in [2.75, 3.05) is 13.7 Å². The van der Waals surface area contributed by atoms with Crippen molar-refractivity contribution in [1.29, 1.82) is 5.41 Å². The number of nitrogens with zero attached hydrogens (tertiary/aromatic N) is 1. The van der Waals surface area contributed by atoms with Gasteiger partial charge in [0.15, 0.2) is 5.96 Å². The number of ether oxygens (including phenoxy) is 1. The number of carbonyl (C=O) groups is 3. The summed E-state index contributed by atoms with van der Waals surface area (Å²) in [4.78, 5) is 40.3. The van der Waals surface area contributed by atoms with E-state index in [1.165, 1.54) is 12.0 Å². The lowest BCUT2D eigenvalue weighted by Crippen LogP contribution is -2.50. The van der Waals surface area contributed by atoms with Crippen LogP contribution in [-0.2, 0) is 20.7 Å². The van der Waals surface area contributed by atoms with E-state index in [-0.39, 0.29) is 36.2 Å². The first kappa shape index (κ1) is 33.6. The Bertz CT molecular complexity index is 1160. The molecule has 3 amide bonds. The second-order valence-corrected chi connectivity index (χ2v) is 11.0. The molecule has 1 aliphatic heterocycles. The maximum atomic E-state index is 13.7. The monoisotopic (exact) mass is 585 g/mol. The van der Waals surface area contributed by atoms with Gasteiger partial charge in [-0.2, -0.15) is 0 Å². The quantitative estimate of drug-likeness (QED) is 0.213. The third-order valence-electron chi connectivity index (χ3n) is 7.02. The third-order valence-corrected chi connectivity index (χ3v) is 7.39. The van der Waals surface area contributed by atoms with E-state index >= 15 is 0 Å². The Hall–Kier alpha value is -3.59. The average Bonchev–Trinajstić information content (AvgIpc) is 3.17. The number of halogens is 1. The zero-order valence-electron chi connectivity index (χ0n) is 24.8. The van der Waals surface area contributed by atoms with E-state index in [0.717, 1.165) is 5.56 Å². The minimum absolute atomic E-state index is 0.0513. The third kappa shape index (κ3) is 9.21. The van der Waals surface area contributed by atoms with Crippen LogP contribution in [0.3, 0.4) is 0 Å². The molecule has 2 rings (SSSR count). The van der Waals surface area contributed by atoms with Gasteiger partial charge in [0.1, 0.15) is 11.6 Å². The Morgan fingerprint density at radius 3 is 2.56 bits per heavy atom. The predicted octanol–water partition coefficient (Wildman–Crippen LogP) is 5.12. The smallest absolute Gasteiger partial charge is 0.407 e. The summed E-state index contributed by atoms with van der Waals surface area (Å²) in [6.45, 7) is 12.4. The SMILES string of the molecule is C=C(/C=C\C=C/C)[C@@]1(CC(C)C)NC(=N)N(CCC[C@H](CC)NC(=O)[C@H](Cc2ccccc2Cl)NC(=O)OC)C1=O. The summed E-state index contributed by atoms with van der Waals surface area (Å²) < 4.78 is 4.72. The number of alkyl carbamates (subject to hydrolysis) is 1. The van der Waals surface area contributed by atoms with Crippen LogP contribution >= 0.6 is 11.6 Å². The summed E-state index contributed by atoms with van der Waals surface area (Å²) in [7, 11) is 1.24. The van der Waals surface area contributed by atoms with Crippen molar-refractivity contribution >= 4 is 35.5 Å². The molecule has 0 unspecified atom stereocenters. The molecule has 10 heteroatoms. The number of guanidine groups is 1. The van der Waals surface area contributed by atoms with Crippen molar-refractivity contribution in [2.45, 2.75) is 77.4 Å². The van der Waals surface area contributed by atoms with Gasteiger partial charge in [0.25, 0.3) is 5.91 Å². The zero-order valence-corrected chi connectivity index (χ0v) is 25.5. The fraction of sp³-hybridized carbons (Fsp3) is 0.484. The first-order chi connectivity index (χ1) is 19.5. The van der Waals surface area contributed by atoms with E-state index in [2.05, 4.69) is 22.5 Å². The number of nitrogens with one attached hydrogen (secondary N) is 4. The molecule has 224 valence electrons. The van der Waals surface area contributed by atoms with Crippen molar-refractivity contribution in [3.05, 3.63) is 71.3 Å². The van der Waals surface area contributed by atoms with Gasteiger partial charge in [0.2, 0.25) is 5.91 Å². The van der Waals surface area contributed by atoms with E-state index < -0.39 is 17.7 Å². The first-order valence-electron chi connectivity index (χ1n) is 14.0. The van der Waals surface area contributed by atoms with Crippen LogP contribution in [0.15, 0.2) is 60.7 Å². The van der Waals surface area contributed by atoms with Gasteiger partial charge >= 0.3 is 6.09 Å². The molecule has 1 aliphatic rings. The van der Waals surface area contributed by atoms with Gasteiger partial charge in [-0.05, 0) is 55.7 Å². The minimum atomic E-state index is -1.06. The minimum Gasteiger partial charge on any atom is -0.453 e. The fourth-order valence-electron chi connectivity index (χ4n) is 4.86. The molecule has 0 spiro atoms. The molecular formula is C31H44ClN5O4. The van der Waals surface area contributed by atoms with E-state index in [9.17, 15) is 14.4 Å². The van der Waals surface area contributed by atoms with Crippen LogP contribution in [0.2, 0.25) is 5.02 Å². The fourth-order valence-corrected chi connectivity index (χ4v) is 5.08. The van der Waals surface area contributed by atoms with Crippen LogP contribution in [0.25, 0.3) is 0 Å². The number of benzene rings is 1. The van der Waals surface area contributed by atoms with E-state index in [4.69, 9.17) is 21.7 Å². The second kappa shape index (κ2) is 16.0. The summed E-state index contributed by atoms with van der Waals surface area (Å²) in [6.07, 6.45) is 9.21. The molecule has 1 saturated heterocycles. The Morgan fingerprint density at radius 1 is 1.24 bits per heavy atom. The van der Waals surface area contributed by atoms with Gasteiger partial charge < -0.3 is 20.7 Å². The lowest BCUT2D eigenvalue weighted by molar-refractivity contribution is -0.130. The summed E-state index contributed by atoms with van der Waals surface area (Å²) in [5.41, 5.74) is 0.278. The number of hydrogen-bond acceptors (Lipinski definition) is 5. The lowest BCUT2D eigenvalue weighted by Gasteiger charge is -2.29. The number of rotatable bonds is 15. The van der Waals surface area contributed by atoms with E-state index in [1.807, 2.05) is 58.1 Å². The van der Waals surface area contributed by atoms with Crippen LogP contribution in [0, 0.1) is 11.3 Å². The molecule has 1 aromatic carbocycles. The second-order valence-electron chi connectivity index (χ2n) is 10.6. The van der Waals surface area contributed by atoms with Crippen LogP contribution in [0.4, 0.5) is 4.79 Å². The molecule has 1 aromatic rings. The maximum absolute atomic E-state index is 13.7.